The minimum Gasteiger partial charge on any atom is -0.345 e. The molecule has 316 valence electrons. The van der Waals surface area contributed by atoms with E-state index in [-0.39, 0.29) is 5.41 Å². The van der Waals surface area contributed by atoms with Crippen LogP contribution in [0.2, 0.25) is 0 Å². The maximum Gasteiger partial charge on any atom is 0.0726 e. The molecule has 2 aliphatic heterocycles. The van der Waals surface area contributed by atoms with Crippen LogP contribution in [0.15, 0.2) is 203 Å². The molecule has 1 spiro atoms. The van der Waals surface area contributed by atoms with Crippen LogP contribution in [0.4, 0.5) is 22.7 Å². The molecule has 0 aromatic heterocycles. The number of rotatable bonds is 4. The lowest BCUT2D eigenvalue weighted by Gasteiger charge is -2.35. The second kappa shape index (κ2) is 14.2. The highest BCUT2D eigenvalue weighted by molar-refractivity contribution is 7.99. The lowest BCUT2D eigenvalue weighted by Crippen LogP contribution is -2.29. The van der Waals surface area contributed by atoms with Gasteiger partial charge in [-0.05, 0) is 164 Å². The minimum atomic E-state index is -0.469. The molecular formula is C63H48N2S. The van der Waals surface area contributed by atoms with Crippen molar-refractivity contribution in [2.75, 3.05) is 16.3 Å². The van der Waals surface area contributed by atoms with E-state index >= 15 is 0 Å². The molecule has 0 saturated carbocycles. The number of allylic oxidation sites excluding steroid dienone is 4. The molecule has 3 heteroatoms. The molecule has 14 rings (SSSR count). The van der Waals surface area contributed by atoms with Crippen molar-refractivity contribution in [3.05, 3.63) is 238 Å². The topological polar surface area (TPSA) is 6.48 Å². The van der Waals surface area contributed by atoms with Gasteiger partial charge in [0, 0.05) is 38.8 Å². The maximum absolute atomic E-state index is 2.61. The first-order valence-corrected chi connectivity index (χ1v) is 24.6. The summed E-state index contributed by atoms with van der Waals surface area (Å²) in [6, 6.07) is 64.8. The molecule has 0 saturated heterocycles. The first kappa shape index (κ1) is 38.2. The Kier molecular flexibility index (Phi) is 8.23. The van der Waals surface area contributed by atoms with Crippen molar-refractivity contribution < 1.29 is 0 Å². The molecule has 4 aliphatic carbocycles. The van der Waals surface area contributed by atoms with E-state index in [4.69, 9.17) is 0 Å². The zero-order valence-electron chi connectivity index (χ0n) is 37.3. The molecule has 0 atom stereocenters. The number of hydrogen-bond acceptors (Lipinski definition) is 3. The van der Waals surface area contributed by atoms with E-state index in [2.05, 4.69) is 218 Å². The molecule has 8 aromatic rings. The number of anilines is 4. The van der Waals surface area contributed by atoms with Crippen LogP contribution in [0.3, 0.4) is 0 Å². The van der Waals surface area contributed by atoms with Gasteiger partial charge in [-0.3, -0.25) is 0 Å². The van der Waals surface area contributed by atoms with Crippen molar-refractivity contribution in [2.45, 2.75) is 60.2 Å². The Bertz CT molecular complexity index is 3400. The predicted molar refractivity (Wildman–Crippen MR) is 276 cm³/mol. The van der Waals surface area contributed by atoms with Crippen LogP contribution in [0.5, 0.6) is 0 Å². The fraction of sp³-hybridized carbons (Fsp3) is 0.143. The van der Waals surface area contributed by atoms with Crippen LogP contribution in [0.1, 0.15) is 84.0 Å². The molecule has 2 nitrogen and oxygen atoms in total. The summed E-state index contributed by atoms with van der Waals surface area (Å²) in [5.41, 5.74) is 26.2. The average Bonchev–Trinajstić information content (AvgIpc) is 3.92. The zero-order valence-corrected chi connectivity index (χ0v) is 38.1. The standard InChI is InChI=1S/C63H48N2S/c1-62(2)53-36-40(27-31-47(53)48-33-29-43(38-54(48)62)64-35-13-15-42-14-3-8-20-57(42)64)25-26-41-28-32-49-50-34-30-44(65-58-21-9-11-23-60(58)66-61-24-12-10-22-59(61)65)39-56(50)63(55(49)37-41)51-18-6-4-16-45(51)46-17-5-7-19-52(46)63/h3-7,9-12,14,16-19,21-34,36-39H,8,13,15,20,35H2,1-2H3/b26-25+. The fourth-order valence-electron chi connectivity index (χ4n) is 12.7. The van der Waals surface area contributed by atoms with Gasteiger partial charge in [-0.15, -0.1) is 0 Å². The second-order valence-corrected chi connectivity index (χ2v) is 20.5. The van der Waals surface area contributed by atoms with E-state index in [0.717, 1.165) is 19.4 Å². The number of para-hydroxylation sites is 2. The van der Waals surface area contributed by atoms with Gasteiger partial charge < -0.3 is 9.80 Å². The third kappa shape index (κ3) is 5.32. The van der Waals surface area contributed by atoms with Gasteiger partial charge in [0.05, 0.1) is 16.8 Å². The van der Waals surface area contributed by atoms with Crippen molar-refractivity contribution in [2.24, 2.45) is 0 Å². The van der Waals surface area contributed by atoms with Crippen LogP contribution in [-0.4, -0.2) is 6.54 Å². The van der Waals surface area contributed by atoms with Crippen molar-refractivity contribution in [1.29, 1.82) is 0 Å². The molecule has 6 aliphatic rings. The van der Waals surface area contributed by atoms with Crippen LogP contribution < -0.4 is 9.80 Å². The molecule has 0 amide bonds. The zero-order chi connectivity index (χ0) is 43.7. The quantitative estimate of drug-likeness (QED) is 0.163. The Hall–Kier alpha value is -7.07. The number of nitrogens with zero attached hydrogens (tertiary/aromatic N) is 2. The molecule has 0 radical (unpaired) electrons. The van der Waals surface area contributed by atoms with Gasteiger partial charge in [-0.25, -0.2) is 0 Å². The van der Waals surface area contributed by atoms with Gasteiger partial charge in [0.25, 0.3) is 0 Å². The molecule has 0 bridgehead atoms. The Morgan fingerprint density at radius 3 is 1.68 bits per heavy atom. The van der Waals surface area contributed by atoms with Gasteiger partial charge in [0.1, 0.15) is 0 Å². The summed E-state index contributed by atoms with van der Waals surface area (Å²) in [5, 5.41) is 0. The largest absolute Gasteiger partial charge is 0.345 e. The van der Waals surface area contributed by atoms with E-state index in [1.165, 1.54) is 135 Å². The number of hydrogen-bond donors (Lipinski definition) is 0. The lowest BCUT2D eigenvalue weighted by atomic mass is 9.70. The van der Waals surface area contributed by atoms with Crippen LogP contribution in [-0.2, 0) is 10.8 Å². The average molecular weight is 865 g/mol. The van der Waals surface area contributed by atoms with Gasteiger partial charge in [0.2, 0.25) is 0 Å². The molecule has 8 aromatic carbocycles. The van der Waals surface area contributed by atoms with Crippen molar-refractivity contribution >= 4 is 46.7 Å². The summed E-state index contributed by atoms with van der Waals surface area (Å²) < 4.78 is 0. The second-order valence-electron chi connectivity index (χ2n) is 19.4. The third-order valence-corrected chi connectivity index (χ3v) is 16.8. The first-order valence-electron chi connectivity index (χ1n) is 23.8. The normalized spacial score (nSPS) is 17.2. The van der Waals surface area contributed by atoms with Crippen LogP contribution >= 0.6 is 11.8 Å². The molecule has 0 fully saturated rings. The highest BCUT2D eigenvalue weighted by atomic mass is 32.2. The van der Waals surface area contributed by atoms with Crippen LogP contribution in [0.25, 0.3) is 45.5 Å². The highest BCUT2D eigenvalue weighted by Crippen LogP contribution is 2.64. The Labute approximate surface area is 392 Å². The third-order valence-electron chi connectivity index (χ3n) is 15.6. The van der Waals surface area contributed by atoms with E-state index in [0.29, 0.717) is 0 Å². The number of benzene rings is 8. The summed E-state index contributed by atoms with van der Waals surface area (Å²) in [5.74, 6) is 0. The SMILES string of the molecule is CC1(C)c2cc(/C=C/c3ccc4c(c3)C3(c5ccccc5-c5ccccc53)c3cc(N5c6ccccc6Sc6ccccc65)ccc3-4)ccc2-c2ccc(N3CCCC4=C3CCC=C4)cc21. The summed E-state index contributed by atoms with van der Waals surface area (Å²) in [6.07, 6.45) is 14.1. The smallest absolute Gasteiger partial charge is 0.0726 e. The summed E-state index contributed by atoms with van der Waals surface area (Å²) >= 11 is 1.86. The van der Waals surface area contributed by atoms with Gasteiger partial charge >= 0.3 is 0 Å². The summed E-state index contributed by atoms with van der Waals surface area (Å²) in [6.45, 7) is 5.94. The number of fused-ring (bicyclic) bond motifs is 15. The Morgan fingerprint density at radius 2 is 1.00 bits per heavy atom. The summed E-state index contributed by atoms with van der Waals surface area (Å²) in [4.78, 5) is 7.64. The molecule has 66 heavy (non-hydrogen) atoms. The monoisotopic (exact) mass is 864 g/mol. The first-order chi connectivity index (χ1) is 32.5. The van der Waals surface area contributed by atoms with Gasteiger partial charge in [0.15, 0.2) is 0 Å². The van der Waals surface area contributed by atoms with E-state index in [1.807, 2.05) is 11.8 Å². The van der Waals surface area contributed by atoms with E-state index < -0.39 is 5.41 Å². The minimum absolute atomic E-state index is 0.102. The van der Waals surface area contributed by atoms with Crippen molar-refractivity contribution in [3.63, 3.8) is 0 Å². The van der Waals surface area contributed by atoms with E-state index in [9.17, 15) is 0 Å². The van der Waals surface area contributed by atoms with E-state index in [1.54, 1.807) is 0 Å². The molecule has 0 N–H and O–H groups in total. The maximum atomic E-state index is 2.61. The van der Waals surface area contributed by atoms with Crippen molar-refractivity contribution in [1.82, 2.24) is 0 Å². The molecule has 0 unspecified atom stereocenters. The predicted octanol–water partition coefficient (Wildman–Crippen LogP) is 16.6. The van der Waals surface area contributed by atoms with Gasteiger partial charge in [-0.2, -0.15) is 0 Å². The molecule has 2 heterocycles. The van der Waals surface area contributed by atoms with Crippen molar-refractivity contribution in [3.8, 4) is 33.4 Å². The Morgan fingerprint density at radius 1 is 0.485 bits per heavy atom. The van der Waals surface area contributed by atoms with Crippen LogP contribution in [0, 0.1) is 0 Å². The lowest BCUT2D eigenvalue weighted by molar-refractivity contribution is 0.657. The fourth-order valence-corrected chi connectivity index (χ4v) is 13.7. The summed E-state index contributed by atoms with van der Waals surface area (Å²) in [7, 11) is 0. The highest BCUT2D eigenvalue weighted by Gasteiger charge is 2.52. The Balaban J connectivity index is 0.865. The molecular weight excluding hydrogens is 817 g/mol. The van der Waals surface area contributed by atoms with Gasteiger partial charge in [-0.1, -0.05) is 165 Å².